The molecule has 0 atom stereocenters. The fraction of sp³-hybridized carbons (Fsp3) is 0.429. The van der Waals surface area contributed by atoms with Crippen LogP contribution >= 0.6 is 23.2 Å². The van der Waals surface area contributed by atoms with Crippen LogP contribution in [0.4, 0.5) is 0 Å². The van der Waals surface area contributed by atoms with Gasteiger partial charge in [0.1, 0.15) is 0 Å². The normalized spacial score (nSPS) is 18.1. The van der Waals surface area contributed by atoms with Crippen molar-refractivity contribution < 1.29 is 0 Å². The zero-order valence-corrected chi connectivity index (χ0v) is 10.8. The van der Waals surface area contributed by atoms with Gasteiger partial charge in [-0.1, -0.05) is 54.6 Å². The Hall–Kier alpha value is -0.460. The zero-order valence-electron chi connectivity index (χ0n) is 9.26. The topological polar surface area (TPSA) is 0 Å². The quantitative estimate of drug-likeness (QED) is 0.645. The van der Waals surface area contributed by atoms with Gasteiger partial charge in [0.05, 0.1) is 0 Å². The van der Waals surface area contributed by atoms with Crippen molar-refractivity contribution in [1.29, 1.82) is 0 Å². The third kappa shape index (κ3) is 2.81. The van der Waals surface area contributed by atoms with Gasteiger partial charge in [-0.3, -0.25) is 0 Å². The molecule has 0 aromatic heterocycles. The molecule has 1 aliphatic carbocycles. The molecular weight excluding hydrogens is 239 g/mol. The van der Waals surface area contributed by atoms with Crippen LogP contribution in [0.5, 0.6) is 0 Å². The van der Waals surface area contributed by atoms with Crippen molar-refractivity contribution in [3.63, 3.8) is 0 Å². The standard InChI is InChI=1S/C14H16Cl2/c15-9-8-11-6-7-13(14(16)10-11)12-4-2-1-3-5-12/h6-10,12H,1-5H2. The third-order valence-electron chi connectivity index (χ3n) is 3.32. The molecule has 2 rings (SSSR count). The van der Waals surface area contributed by atoms with Gasteiger partial charge < -0.3 is 0 Å². The summed E-state index contributed by atoms with van der Waals surface area (Å²) in [7, 11) is 0. The first-order valence-electron chi connectivity index (χ1n) is 5.87. The summed E-state index contributed by atoms with van der Waals surface area (Å²) >= 11 is 11.9. The maximum atomic E-state index is 6.32. The van der Waals surface area contributed by atoms with Crippen molar-refractivity contribution in [2.75, 3.05) is 0 Å². The van der Waals surface area contributed by atoms with Crippen LogP contribution in [0.2, 0.25) is 5.02 Å². The van der Waals surface area contributed by atoms with Crippen LogP contribution in [0.1, 0.15) is 49.1 Å². The molecule has 1 aromatic rings. The minimum atomic E-state index is 0.662. The number of benzene rings is 1. The van der Waals surface area contributed by atoms with E-state index in [2.05, 4.69) is 12.1 Å². The third-order valence-corrected chi connectivity index (χ3v) is 3.78. The lowest BCUT2D eigenvalue weighted by Crippen LogP contribution is -2.05. The number of hydrogen-bond acceptors (Lipinski definition) is 0. The minimum Gasteiger partial charge on any atom is -0.0929 e. The highest BCUT2D eigenvalue weighted by Gasteiger charge is 2.17. The minimum absolute atomic E-state index is 0.662. The highest BCUT2D eigenvalue weighted by molar-refractivity contribution is 6.31. The van der Waals surface area contributed by atoms with Gasteiger partial charge >= 0.3 is 0 Å². The summed E-state index contributed by atoms with van der Waals surface area (Å²) in [6.45, 7) is 0. The Kier molecular flexibility index (Phi) is 4.31. The summed E-state index contributed by atoms with van der Waals surface area (Å²) in [4.78, 5) is 0. The Morgan fingerprint density at radius 3 is 2.50 bits per heavy atom. The number of halogens is 2. The van der Waals surface area contributed by atoms with E-state index in [1.54, 1.807) is 0 Å². The molecule has 0 amide bonds. The van der Waals surface area contributed by atoms with Crippen LogP contribution in [-0.4, -0.2) is 0 Å². The van der Waals surface area contributed by atoms with E-state index in [0.29, 0.717) is 5.92 Å². The van der Waals surface area contributed by atoms with Crippen LogP contribution < -0.4 is 0 Å². The van der Waals surface area contributed by atoms with E-state index in [1.165, 1.54) is 43.2 Å². The molecule has 0 saturated heterocycles. The van der Waals surface area contributed by atoms with E-state index < -0.39 is 0 Å². The lowest BCUT2D eigenvalue weighted by atomic mass is 9.84. The van der Waals surface area contributed by atoms with E-state index in [4.69, 9.17) is 23.2 Å². The molecule has 0 aliphatic heterocycles. The van der Waals surface area contributed by atoms with Gasteiger partial charge in [0.15, 0.2) is 0 Å². The van der Waals surface area contributed by atoms with Gasteiger partial charge in [-0.2, -0.15) is 0 Å². The average Bonchev–Trinajstić information content (AvgIpc) is 2.31. The molecule has 0 bridgehead atoms. The lowest BCUT2D eigenvalue weighted by Gasteiger charge is -2.23. The second kappa shape index (κ2) is 5.75. The molecule has 1 fully saturated rings. The predicted molar refractivity (Wildman–Crippen MR) is 72.2 cm³/mol. The monoisotopic (exact) mass is 254 g/mol. The Labute approximate surface area is 107 Å². The van der Waals surface area contributed by atoms with Gasteiger partial charge in [0.25, 0.3) is 0 Å². The Balaban J connectivity index is 2.21. The van der Waals surface area contributed by atoms with Crippen LogP contribution in [0.15, 0.2) is 23.7 Å². The van der Waals surface area contributed by atoms with E-state index in [1.807, 2.05) is 12.1 Å². The molecule has 0 radical (unpaired) electrons. The summed E-state index contributed by atoms with van der Waals surface area (Å²) in [5.74, 6) is 0.662. The molecule has 0 spiro atoms. The van der Waals surface area contributed by atoms with Gasteiger partial charge in [-0.25, -0.2) is 0 Å². The molecule has 1 saturated carbocycles. The molecule has 16 heavy (non-hydrogen) atoms. The SMILES string of the molecule is ClC=Cc1ccc(C2CCCCC2)c(Cl)c1. The molecule has 0 heterocycles. The van der Waals surface area contributed by atoms with E-state index >= 15 is 0 Å². The van der Waals surface area contributed by atoms with Crippen LogP contribution in [-0.2, 0) is 0 Å². The lowest BCUT2D eigenvalue weighted by molar-refractivity contribution is 0.444. The molecule has 0 unspecified atom stereocenters. The van der Waals surface area contributed by atoms with Crippen molar-refractivity contribution in [2.24, 2.45) is 0 Å². The first-order chi connectivity index (χ1) is 7.81. The first kappa shape index (κ1) is 12.0. The van der Waals surface area contributed by atoms with Gasteiger partial charge in [0.2, 0.25) is 0 Å². The van der Waals surface area contributed by atoms with Crippen molar-refractivity contribution in [3.05, 3.63) is 39.9 Å². The van der Waals surface area contributed by atoms with Gasteiger partial charge in [0, 0.05) is 10.6 Å². The molecule has 1 aliphatic rings. The molecule has 86 valence electrons. The van der Waals surface area contributed by atoms with Crippen molar-refractivity contribution >= 4 is 29.3 Å². The Morgan fingerprint density at radius 1 is 1.12 bits per heavy atom. The maximum absolute atomic E-state index is 6.32. The smallest absolute Gasteiger partial charge is 0.0446 e. The molecule has 1 aromatic carbocycles. The number of rotatable bonds is 2. The second-order valence-electron chi connectivity index (χ2n) is 4.41. The second-order valence-corrected chi connectivity index (χ2v) is 5.07. The van der Waals surface area contributed by atoms with Gasteiger partial charge in [-0.05, 0) is 42.0 Å². The molecule has 0 N–H and O–H groups in total. The summed E-state index contributed by atoms with van der Waals surface area (Å²) in [6, 6.07) is 6.25. The summed E-state index contributed by atoms with van der Waals surface area (Å²) in [5.41, 5.74) is 3.90. The van der Waals surface area contributed by atoms with E-state index in [-0.39, 0.29) is 0 Å². The average molecular weight is 255 g/mol. The summed E-state index contributed by atoms with van der Waals surface area (Å²) in [5, 5.41) is 0.888. The maximum Gasteiger partial charge on any atom is 0.0446 e. The molecule has 0 nitrogen and oxygen atoms in total. The van der Waals surface area contributed by atoms with E-state index in [0.717, 1.165) is 10.6 Å². The molecule has 2 heteroatoms. The van der Waals surface area contributed by atoms with Crippen LogP contribution in [0, 0.1) is 0 Å². The van der Waals surface area contributed by atoms with Crippen LogP contribution in [0.3, 0.4) is 0 Å². The van der Waals surface area contributed by atoms with Crippen molar-refractivity contribution in [1.82, 2.24) is 0 Å². The summed E-state index contributed by atoms with van der Waals surface area (Å²) in [6.07, 6.45) is 8.47. The first-order valence-corrected chi connectivity index (χ1v) is 6.69. The Morgan fingerprint density at radius 2 is 1.88 bits per heavy atom. The zero-order chi connectivity index (χ0) is 11.4. The highest BCUT2D eigenvalue weighted by atomic mass is 35.5. The molecular formula is C14H16Cl2. The van der Waals surface area contributed by atoms with Crippen molar-refractivity contribution in [3.8, 4) is 0 Å². The van der Waals surface area contributed by atoms with Crippen LogP contribution in [0.25, 0.3) is 6.08 Å². The van der Waals surface area contributed by atoms with Gasteiger partial charge in [-0.15, -0.1) is 0 Å². The summed E-state index contributed by atoms with van der Waals surface area (Å²) < 4.78 is 0. The fourth-order valence-electron chi connectivity index (χ4n) is 2.46. The highest BCUT2D eigenvalue weighted by Crippen LogP contribution is 2.36. The van der Waals surface area contributed by atoms with E-state index in [9.17, 15) is 0 Å². The Bertz CT molecular complexity index is 376. The van der Waals surface area contributed by atoms with Crippen molar-refractivity contribution in [2.45, 2.75) is 38.0 Å². The predicted octanol–water partition coefficient (Wildman–Crippen LogP) is 5.60. The number of hydrogen-bond donors (Lipinski definition) is 0. The fourth-order valence-corrected chi connectivity index (χ4v) is 2.95. The largest absolute Gasteiger partial charge is 0.0929 e.